The standard InChI is InChI=1S/C13H16BrNO3/c14-10-2-1-3-11(8-10)18-7-6-15-12(13(16)17)9-4-5-9/h1-3,8-9,12,15H,4-7H2,(H,16,17). The quantitative estimate of drug-likeness (QED) is 0.758. The highest BCUT2D eigenvalue weighted by Crippen LogP contribution is 2.32. The summed E-state index contributed by atoms with van der Waals surface area (Å²) in [4.78, 5) is 11.0. The maximum atomic E-state index is 11.0. The van der Waals surface area contributed by atoms with Gasteiger partial charge in [0.05, 0.1) is 0 Å². The molecule has 0 bridgehead atoms. The maximum absolute atomic E-state index is 11.0. The number of nitrogens with one attached hydrogen (secondary N) is 1. The van der Waals surface area contributed by atoms with Gasteiger partial charge in [-0.3, -0.25) is 4.79 Å². The number of ether oxygens (including phenoxy) is 1. The third-order valence-electron chi connectivity index (χ3n) is 2.89. The van der Waals surface area contributed by atoms with E-state index in [-0.39, 0.29) is 0 Å². The molecule has 18 heavy (non-hydrogen) atoms. The fraction of sp³-hybridized carbons (Fsp3) is 0.462. The van der Waals surface area contributed by atoms with Gasteiger partial charge in [0.1, 0.15) is 18.4 Å². The van der Waals surface area contributed by atoms with Crippen molar-refractivity contribution in [3.05, 3.63) is 28.7 Å². The Morgan fingerprint density at radius 1 is 1.56 bits per heavy atom. The van der Waals surface area contributed by atoms with Crippen molar-refractivity contribution in [1.29, 1.82) is 0 Å². The Kier molecular flexibility index (Phi) is 4.60. The van der Waals surface area contributed by atoms with Crippen LogP contribution >= 0.6 is 15.9 Å². The molecule has 1 aromatic rings. The number of aliphatic carboxylic acids is 1. The molecule has 2 rings (SSSR count). The molecule has 98 valence electrons. The highest BCUT2D eigenvalue weighted by Gasteiger charge is 2.35. The van der Waals surface area contributed by atoms with Crippen molar-refractivity contribution in [3.8, 4) is 5.75 Å². The molecule has 0 aromatic heterocycles. The zero-order valence-corrected chi connectivity index (χ0v) is 11.5. The second-order valence-corrected chi connectivity index (χ2v) is 5.33. The van der Waals surface area contributed by atoms with Crippen LogP contribution in [0.4, 0.5) is 0 Å². The van der Waals surface area contributed by atoms with Crippen molar-refractivity contribution in [2.75, 3.05) is 13.2 Å². The Labute approximate surface area is 114 Å². The van der Waals surface area contributed by atoms with Gasteiger partial charge in [-0.15, -0.1) is 0 Å². The van der Waals surface area contributed by atoms with E-state index in [1.807, 2.05) is 24.3 Å². The van der Waals surface area contributed by atoms with E-state index in [0.29, 0.717) is 19.1 Å². The van der Waals surface area contributed by atoms with Crippen LogP contribution in [0.5, 0.6) is 5.75 Å². The van der Waals surface area contributed by atoms with Gasteiger partial charge in [0.15, 0.2) is 0 Å². The number of carboxylic acid groups (broad SMARTS) is 1. The van der Waals surface area contributed by atoms with Crippen LogP contribution in [-0.2, 0) is 4.79 Å². The van der Waals surface area contributed by atoms with Crippen LogP contribution in [0.15, 0.2) is 28.7 Å². The van der Waals surface area contributed by atoms with Crippen LogP contribution in [0.3, 0.4) is 0 Å². The molecule has 0 heterocycles. The van der Waals surface area contributed by atoms with Gasteiger partial charge in [-0.05, 0) is 37.0 Å². The van der Waals surface area contributed by atoms with Crippen molar-refractivity contribution in [3.63, 3.8) is 0 Å². The van der Waals surface area contributed by atoms with Crippen LogP contribution in [0.2, 0.25) is 0 Å². The van der Waals surface area contributed by atoms with Crippen molar-refractivity contribution in [1.82, 2.24) is 5.32 Å². The lowest BCUT2D eigenvalue weighted by Crippen LogP contribution is -2.40. The Balaban J connectivity index is 1.70. The van der Waals surface area contributed by atoms with Gasteiger partial charge in [0, 0.05) is 11.0 Å². The fourth-order valence-electron chi connectivity index (χ4n) is 1.83. The molecule has 1 aliphatic carbocycles. The second-order valence-electron chi connectivity index (χ2n) is 4.41. The average Bonchev–Trinajstić information content (AvgIpc) is 3.12. The number of hydrogen-bond donors (Lipinski definition) is 2. The number of carbonyl (C=O) groups is 1. The van der Waals surface area contributed by atoms with Crippen LogP contribution < -0.4 is 10.1 Å². The van der Waals surface area contributed by atoms with Gasteiger partial charge < -0.3 is 15.2 Å². The monoisotopic (exact) mass is 313 g/mol. The van der Waals surface area contributed by atoms with Crippen molar-refractivity contribution < 1.29 is 14.6 Å². The molecule has 1 saturated carbocycles. The zero-order chi connectivity index (χ0) is 13.0. The molecule has 0 saturated heterocycles. The highest BCUT2D eigenvalue weighted by atomic mass is 79.9. The first kappa shape index (κ1) is 13.4. The van der Waals surface area contributed by atoms with Gasteiger partial charge in [-0.1, -0.05) is 22.0 Å². The third-order valence-corrected chi connectivity index (χ3v) is 3.38. The van der Waals surface area contributed by atoms with Gasteiger partial charge in [0.25, 0.3) is 0 Å². The highest BCUT2D eigenvalue weighted by molar-refractivity contribution is 9.10. The molecule has 1 aliphatic rings. The first-order chi connectivity index (χ1) is 8.66. The van der Waals surface area contributed by atoms with E-state index in [2.05, 4.69) is 21.2 Å². The van der Waals surface area contributed by atoms with E-state index >= 15 is 0 Å². The topological polar surface area (TPSA) is 58.6 Å². The molecule has 0 spiro atoms. The molecule has 0 amide bonds. The Bertz CT molecular complexity index is 420. The molecule has 1 aromatic carbocycles. The van der Waals surface area contributed by atoms with Gasteiger partial charge in [-0.25, -0.2) is 0 Å². The predicted octanol–water partition coefficient (Wildman–Crippen LogP) is 2.28. The molecule has 1 unspecified atom stereocenters. The summed E-state index contributed by atoms with van der Waals surface area (Å²) in [6.07, 6.45) is 2.02. The SMILES string of the molecule is O=C(O)C(NCCOc1cccc(Br)c1)C1CC1. The molecule has 1 atom stereocenters. The Hall–Kier alpha value is -1.07. The number of halogens is 1. The molecule has 1 fully saturated rings. The van der Waals surface area contributed by atoms with E-state index in [0.717, 1.165) is 23.1 Å². The predicted molar refractivity (Wildman–Crippen MR) is 71.8 cm³/mol. The van der Waals surface area contributed by atoms with E-state index in [4.69, 9.17) is 9.84 Å². The van der Waals surface area contributed by atoms with E-state index < -0.39 is 12.0 Å². The molecule has 5 heteroatoms. The van der Waals surface area contributed by atoms with Crippen molar-refractivity contribution in [2.24, 2.45) is 5.92 Å². The van der Waals surface area contributed by atoms with Crippen LogP contribution in [-0.4, -0.2) is 30.3 Å². The smallest absolute Gasteiger partial charge is 0.320 e. The maximum Gasteiger partial charge on any atom is 0.320 e. The summed E-state index contributed by atoms with van der Waals surface area (Å²) < 4.78 is 6.50. The lowest BCUT2D eigenvalue weighted by atomic mass is 10.2. The Morgan fingerprint density at radius 2 is 2.33 bits per heavy atom. The summed E-state index contributed by atoms with van der Waals surface area (Å²) >= 11 is 3.37. The van der Waals surface area contributed by atoms with Crippen molar-refractivity contribution in [2.45, 2.75) is 18.9 Å². The summed E-state index contributed by atoms with van der Waals surface area (Å²) in [5, 5.41) is 12.1. The molecule has 4 nitrogen and oxygen atoms in total. The molecular formula is C13H16BrNO3. The van der Waals surface area contributed by atoms with Gasteiger partial charge in [0.2, 0.25) is 0 Å². The number of benzene rings is 1. The minimum absolute atomic E-state index is 0.299. The van der Waals surface area contributed by atoms with Gasteiger partial charge in [-0.2, -0.15) is 0 Å². The zero-order valence-electron chi connectivity index (χ0n) is 9.93. The third kappa shape index (κ3) is 3.99. The first-order valence-electron chi connectivity index (χ1n) is 6.01. The van der Waals surface area contributed by atoms with Crippen LogP contribution in [0.1, 0.15) is 12.8 Å². The first-order valence-corrected chi connectivity index (χ1v) is 6.80. The lowest BCUT2D eigenvalue weighted by Gasteiger charge is -2.13. The molecular weight excluding hydrogens is 298 g/mol. The molecule has 0 radical (unpaired) electrons. The van der Waals surface area contributed by atoms with Gasteiger partial charge >= 0.3 is 5.97 Å². The minimum atomic E-state index is -0.764. The average molecular weight is 314 g/mol. The minimum Gasteiger partial charge on any atom is -0.492 e. The normalized spacial score (nSPS) is 16.3. The van der Waals surface area contributed by atoms with E-state index in [9.17, 15) is 4.79 Å². The second kappa shape index (κ2) is 6.20. The van der Waals surface area contributed by atoms with Crippen LogP contribution in [0.25, 0.3) is 0 Å². The fourth-order valence-corrected chi connectivity index (χ4v) is 2.20. The lowest BCUT2D eigenvalue weighted by molar-refractivity contribution is -0.140. The molecule has 2 N–H and O–H groups in total. The summed E-state index contributed by atoms with van der Waals surface area (Å²) in [5.74, 6) is 0.317. The van der Waals surface area contributed by atoms with E-state index in [1.54, 1.807) is 0 Å². The number of hydrogen-bond acceptors (Lipinski definition) is 3. The van der Waals surface area contributed by atoms with E-state index in [1.165, 1.54) is 0 Å². The van der Waals surface area contributed by atoms with Crippen LogP contribution in [0, 0.1) is 5.92 Å². The Morgan fingerprint density at radius 3 is 2.94 bits per heavy atom. The summed E-state index contributed by atoms with van der Waals surface area (Å²) in [7, 11) is 0. The summed E-state index contributed by atoms with van der Waals surface area (Å²) in [5.41, 5.74) is 0. The summed E-state index contributed by atoms with van der Waals surface area (Å²) in [6, 6.07) is 7.17. The van der Waals surface area contributed by atoms with Crippen molar-refractivity contribution >= 4 is 21.9 Å². The molecule has 0 aliphatic heterocycles. The summed E-state index contributed by atoms with van der Waals surface area (Å²) in [6.45, 7) is 1.01. The largest absolute Gasteiger partial charge is 0.492 e. The number of rotatable bonds is 7. The number of carboxylic acids is 1.